The Labute approximate surface area is 115 Å². The Hall–Kier alpha value is -0.370. The highest BCUT2D eigenvalue weighted by Crippen LogP contribution is 2.07. The van der Waals surface area contributed by atoms with Crippen molar-refractivity contribution in [3.05, 3.63) is 0 Å². The van der Waals surface area contributed by atoms with Gasteiger partial charge >= 0.3 is 0 Å². The highest BCUT2D eigenvalue weighted by Gasteiger charge is 2.17. The van der Waals surface area contributed by atoms with Gasteiger partial charge in [-0.2, -0.15) is 0 Å². The maximum atomic E-state index is 11.5. The number of amides is 1. The summed E-state index contributed by atoms with van der Waals surface area (Å²) in [7, 11) is -3.15. The maximum Gasteiger partial charge on any atom is 0.221 e. The molecule has 3 N–H and O–H groups in total. The minimum atomic E-state index is -3.15. The molecule has 6 nitrogen and oxygen atoms in total. The SMILES string of the molecule is CCS(=O)(=O)NCCNC(=O)CC1CCCN1.Cl. The minimum absolute atomic E-state index is 0. The molecule has 1 rings (SSSR count). The largest absolute Gasteiger partial charge is 0.355 e. The first kappa shape index (κ1) is 17.6. The topological polar surface area (TPSA) is 87.3 Å². The van der Waals surface area contributed by atoms with Crippen LogP contribution in [-0.4, -0.2) is 45.8 Å². The molecule has 1 amide bonds. The first-order valence-corrected chi connectivity index (χ1v) is 7.66. The zero-order valence-corrected chi connectivity index (χ0v) is 12.2. The van der Waals surface area contributed by atoms with Crippen LogP contribution < -0.4 is 15.4 Å². The Kier molecular flexibility index (Phi) is 8.51. The number of sulfonamides is 1. The van der Waals surface area contributed by atoms with Crippen molar-refractivity contribution in [3.8, 4) is 0 Å². The van der Waals surface area contributed by atoms with Gasteiger partial charge < -0.3 is 10.6 Å². The second kappa shape index (κ2) is 8.68. The van der Waals surface area contributed by atoms with Crippen LogP contribution in [-0.2, 0) is 14.8 Å². The van der Waals surface area contributed by atoms with Crippen LogP contribution in [0.15, 0.2) is 0 Å². The van der Waals surface area contributed by atoms with Crippen molar-refractivity contribution in [1.82, 2.24) is 15.4 Å². The molecule has 1 aliphatic rings. The molecule has 0 aromatic rings. The van der Waals surface area contributed by atoms with Crippen LogP contribution in [0, 0.1) is 0 Å². The third-order valence-electron chi connectivity index (χ3n) is 2.74. The van der Waals surface area contributed by atoms with E-state index in [1.165, 1.54) is 0 Å². The lowest BCUT2D eigenvalue weighted by Crippen LogP contribution is -2.37. The van der Waals surface area contributed by atoms with E-state index in [-0.39, 0.29) is 36.7 Å². The lowest BCUT2D eigenvalue weighted by molar-refractivity contribution is -0.121. The van der Waals surface area contributed by atoms with Crippen molar-refractivity contribution in [2.45, 2.75) is 32.2 Å². The summed E-state index contributed by atoms with van der Waals surface area (Å²) in [5.41, 5.74) is 0. The van der Waals surface area contributed by atoms with Gasteiger partial charge in [0.15, 0.2) is 0 Å². The Morgan fingerprint density at radius 2 is 2.11 bits per heavy atom. The summed E-state index contributed by atoms with van der Waals surface area (Å²) in [6.07, 6.45) is 2.63. The van der Waals surface area contributed by atoms with E-state index in [1.807, 2.05) is 0 Å². The Morgan fingerprint density at radius 1 is 1.39 bits per heavy atom. The monoisotopic (exact) mass is 299 g/mol. The number of carbonyl (C=O) groups is 1. The van der Waals surface area contributed by atoms with Crippen molar-refractivity contribution in [1.29, 1.82) is 0 Å². The van der Waals surface area contributed by atoms with Crippen LogP contribution in [0.4, 0.5) is 0 Å². The van der Waals surface area contributed by atoms with Crippen molar-refractivity contribution in [2.24, 2.45) is 0 Å². The summed E-state index contributed by atoms with van der Waals surface area (Å²) in [6.45, 7) is 3.14. The van der Waals surface area contributed by atoms with Crippen molar-refractivity contribution >= 4 is 28.3 Å². The molecule has 1 heterocycles. The van der Waals surface area contributed by atoms with Gasteiger partial charge in [0.25, 0.3) is 0 Å². The fraction of sp³-hybridized carbons (Fsp3) is 0.900. The normalized spacial score (nSPS) is 19.3. The van der Waals surface area contributed by atoms with Gasteiger partial charge in [0.1, 0.15) is 0 Å². The zero-order valence-electron chi connectivity index (χ0n) is 10.6. The van der Waals surface area contributed by atoms with Crippen molar-refractivity contribution in [3.63, 3.8) is 0 Å². The fourth-order valence-electron chi connectivity index (χ4n) is 1.74. The molecule has 0 aromatic heterocycles. The van der Waals surface area contributed by atoms with Gasteiger partial charge in [0.05, 0.1) is 5.75 Å². The fourth-order valence-corrected chi connectivity index (χ4v) is 2.35. The van der Waals surface area contributed by atoms with Gasteiger partial charge in [0, 0.05) is 25.6 Å². The van der Waals surface area contributed by atoms with E-state index in [0.717, 1.165) is 19.4 Å². The summed E-state index contributed by atoms with van der Waals surface area (Å²) in [6, 6.07) is 0.280. The van der Waals surface area contributed by atoms with E-state index in [2.05, 4.69) is 15.4 Å². The summed E-state index contributed by atoms with van der Waals surface area (Å²) in [4.78, 5) is 11.5. The number of hydrogen-bond donors (Lipinski definition) is 3. The molecule has 108 valence electrons. The molecule has 0 bridgehead atoms. The minimum Gasteiger partial charge on any atom is -0.355 e. The summed E-state index contributed by atoms with van der Waals surface area (Å²) >= 11 is 0. The van der Waals surface area contributed by atoms with Crippen LogP contribution in [0.5, 0.6) is 0 Å². The molecule has 1 fully saturated rings. The standard InChI is InChI=1S/C10H21N3O3S.ClH/c1-2-17(15,16)13-7-6-12-10(14)8-9-4-3-5-11-9;/h9,11,13H,2-8H2,1H3,(H,12,14);1H. The average molecular weight is 300 g/mol. The van der Waals surface area contributed by atoms with Gasteiger partial charge in [-0.05, 0) is 26.3 Å². The second-order valence-corrected chi connectivity index (χ2v) is 6.24. The molecule has 0 saturated carbocycles. The molecule has 1 saturated heterocycles. The van der Waals surface area contributed by atoms with Crippen molar-refractivity contribution in [2.75, 3.05) is 25.4 Å². The predicted molar refractivity (Wildman–Crippen MR) is 73.4 cm³/mol. The molecule has 1 aliphatic heterocycles. The number of carbonyl (C=O) groups excluding carboxylic acids is 1. The highest BCUT2D eigenvalue weighted by molar-refractivity contribution is 7.89. The van der Waals surface area contributed by atoms with Crippen LogP contribution in [0.25, 0.3) is 0 Å². The number of halogens is 1. The van der Waals surface area contributed by atoms with E-state index in [0.29, 0.717) is 13.0 Å². The predicted octanol–water partition coefficient (Wildman–Crippen LogP) is -0.394. The van der Waals surface area contributed by atoms with Crippen LogP contribution in [0.3, 0.4) is 0 Å². The third kappa shape index (κ3) is 7.15. The smallest absolute Gasteiger partial charge is 0.221 e. The number of hydrogen-bond acceptors (Lipinski definition) is 4. The lowest BCUT2D eigenvalue weighted by Gasteiger charge is -2.10. The van der Waals surface area contributed by atoms with E-state index in [4.69, 9.17) is 0 Å². The molecular formula is C10H22ClN3O3S. The summed E-state index contributed by atoms with van der Waals surface area (Å²) in [5.74, 6) is 0.0348. The molecule has 0 radical (unpaired) electrons. The average Bonchev–Trinajstić information content (AvgIpc) is 2.77. The lowest BCUT2D eigenvalue weighted by atomic mass is 10.1. The quantitative estimate of drug-likeness (QED) is 0.559. The summed E-state index contributed by atoms with van der Waals surface area (Å²) in [5, 5.41) is 5.94. The van der Waals surface area contributed by atoms with E-state index in [9.17, 15) is 13.2 Å². The van der Waals surface area contributed by atoms with Gasteiger partial charge in [-0.15, -0.1) is 12.4 Å². The van der Waals surface area contributed by atoms with Gasteiger partial charge in [-0.1, -0.05) is 0 Å². The van der Waals surface area contributed by atoms with E-state index < -0.39 is 10.0 Å². The molecule has 0 aromatic carbocycles. The van der Waals surface area contributed by atoms with E-state index >= 15 is 0 Å². The third-order valence-corrected chi connectivity index (χ3v) is 4.15. The van der Waals surface area contributed by atoms with Crippen LogP contribution in [0.2, 0.25) is 0 Å². The van der Waals surface area contributed by atoms with Gasteiger partial charge in [0.2, 0.25) is 15.9 Å². The maximum absolute atomic E-state index is 11.5. The van der Waals surface area contributed by atoms with Crippen LogP contribution in [0.1, 0.15) is 26.2 Å². The first-order chi connectivity index (χ1) is 8.03. The number of nitrogens with one attached hydrogen (secondary N) is 3. The molecule has 18 heavy (non-hydrogen) atoms. The summed E-state index contributed by atoms with van der Waals surface area (Å²) < 4.78 is 24.6. The Bertz CT molecular complexity index is 342. The Balaban J connectivity index is 0.00000289. The molecule has 1 atom stereocenters. The zero-order chi connectivity index (χ0) is 12.7. The van der Waals surface area contributed by atoms with Crippen molar-refractivity contribution < 1.29 is 13.2 Å². The Morgan fingerprint density at radius 3 is 2.67 bits per heavy atom. The molecular weight excluding hydrogens is 278 g/mol. The van der Waals surface area contributed by atoms with Crippen LogP contribution >= 0.6 is 12.4 Å². The molecule has 8 heteroatoms. The second-order valence-electron chi connectivity index (χ2n) is 4.15. The van der Waals surface area contributed by atoms with E-state index in [1.54, 1.807) is 6.92 Å². The molecule has 0 aliphatic carbocycles. The number of rotatable bonds is 7. The van der Waals surface area contributed by atoms with Gasteiger partial charge in [-0.25, -0.2) is 13.1 Å². The molecule has 1 unspecified atom stereocenters. The highest BCUT2D eigenvalue weighted by atomic mass is 35.5. The molecule has 0 spiro atoms. The first-order valence-electron chi connectivity index (χ1n) is 6.01. The van der Waals surface area contributed by atoms with Gasteiger partial charge in [-0.3, -0.25) is 4.79 Å².